The second-order valence-corrected chi connectivity index (χ2v) is 5.79. The molecule has 1 heterocycles. The Labute approximate surface area is 131 Å². The van der Waals surface area contributed by atoms with Gasteiger partial charge in [0.15, 0.2) is 0 Å². The van der Waals surface area contributed by atoms with E-state index in [1.807, 2.05) is 24.3 Å². The summed E-state index contributed by atoms with van der Waals surface area (Å²) in [6, 6.07) is 21.1. The predicted octanol–water partition coefficient (Wildman–Crippen LogP) is 3.74. The zero-order chi connectivity index (χ0) is 15.5. The quantitative estimate of drug-likeness (QED) is 0.805. The lowest BCUT2D eigenvalue weighted by Gasteiger charge is -2.50. The fourth-order valence-corrected chi connectivity index (χ4v) is 3.19. The zero-order valence-corrected chi connectivity index (χ0v) is 13.0. The Morgan fingerprint density at radius 2 is 1.68 bits per heavy atom. The van der Waals surface area contributed by atoms with Crippen molar-refractivity contribution in [3.8, 4) is 0 Å². The molecule has 0 aliphatic carbocycles. The molecule has 22 heavy (non-hydrogen) atoms. The fraction of sp³-hybridized carbons (Fsp3) is 0.316. The van der Waals surface area contributed by atoms with Gasteiger partial charge in [-0.3, -0.25) is 9.69 Å². The summed E-state index contributed by atoms with van der Waals surface area (Å²) in [6.45, 7) is 4.45. The van der Waals surface area contributed by atoms with Crippen molar-refractivity contribution in [3.05, 3.63) is 71.8 Å². The van der Waals surface area contributed by atoms with Gasteiger partial charge >= 0.3 is 5.97 Å². The third-order valence-electron chi connectivity index (χ3n) is 4.34. The summed E-state index contributed by atoms with van der Waals surface area (Å²) >= 11 is 0. The minimum atomic E-state index is -0.210. The molecule has 0 radical (unpaired) electrons. The van der Waals surface area contributed by atoms with Crippen molar-refractivity contribution in [3.63, 3.8) is 0 Å². The van der Waals surface area contributed by atoms with Crippen LogP contribution >= 0.6 is 0 Å². The van der Waals surface area contributed by atoms with E-state index in [2.05, 4.69) is 48.2 Å². The molecule has 0 N–H and O–H groups in total. The molecule has 3 rings (SSSR count). The molecule has 3 heteroatoms. The molecule has 0 aromatic heterocycles. The molecule has 1 aliphatic heterocycles. The molecular formula is C19H21NO2. The summed E-state index contributed by atoms with van der Waals surface area (Å²) in [4.78, 5) is 13.7. The second-order valence-electron chi connectivity index (χ2n) is 5.79. The van der Waals surface area contributed by atoms with Crippen LogP contribution in [-0.2, 0) is 9.53 Å². The molecule has 2 aromatic carbocycles. The van der Waals surface area contributed by atoms with Gasteiger partial charge in [0.05, 0.1) is 6.04 Å². The lowest BCUT2D eigenvalue weighted by molar-refractivity contribution is -0.167. The number of hydrogen-bond donors (Lipinski definition) is 0. The van der Waals surface area contributed by atoms with Crippen molar-refractivity contribution in [2.45, 2.75) is 32.0 Å². The molecule has 3 nitrogen and oxygen atoms in total. The first kappa shape index (κ1) is 14.8. The minimum Gasteiger partial charge on any atom is -0.459 e. The molecular weight excluding hydrogens is 274 g/mol. The number of nitrogens with zero attached hydrogens (tertiary/aromatic N) is 1. The zero-order valence-electron chi connectivity index (χ0n) is 13.0. The molecule has 0 amide bonds. The van der Waals surface area contributed by atoms with Crippen molar-refractivity contribution in [2.24, 2.45) is 0 Å². The predicted molar refractivity (Wildman–Crippen MR) is 86.3 cm³/mol. The maximum absolute atomic E-state index is 11.3. The Balaban J connectivity index is 1.84. The van der Waals surface area contributed by atoms with E-state index in [4.69, 9.17) is 4.74 Å². The van der Waals surface area contributed by atoms with Crippen molar-refractivity contribution in [1.82, 2.24) is 4.90 Å². The topological polar surface area (TPSA) is 29.5 Å². The third kappa shape index (κ3) is 2.90. The first-order valence-corrected chi connectivity index (χ1v) is 7.69. The normalized spacial score (nSPS) is 22.6. The van der Waals surface area contributed by atoms with Crippen LogP contribution in [0.1, 0.15) is 37.1 Å². The molecule has 1 saturated heterocycles. The standard InChI is InChI=1S/C19H21NO2/c1-14(16-9-5-3-6-10-16)20-13-18(22-15(2)21)19(20)17-11-7-4-8-12-17/h3-12,14,18-19H,13H2,1-2H3. The maximum Gasteiger partial charge on any atom is 0.303 e. The number of esters is 1. The van der Waals surface area contributed by atoms with Crippen LogP contribution < -0.4 is 0 Å². The van der Waals surface area contributed by atoms with Crippen LogP contribution in [-0.4, -0.2) is 23.5 Å². The second kappa shape index (κ2) is 6.32. The van der Waals surface area contributed by atoms with Crippen LogP contribution in [0.4, 0.5) is 0 Å². The van der Waals surface area contributed by atoms with Crippen LogP contribution in [0.15, 0.2) is 60.7 Å². The number of ether oxygens (including phenoxy) is 1. The average molecular weight is 295 g/mol. The van der Waals surface area contributed by atoms with Gasteiger partial charge in [0.1, 0.15) is 6.10 Å². The smallest absolute Gasteiger partial charge is 0.303 e. The Kier molecular flexibility index (Phi) is 4.25. The highest BCUT2D eigenvalue weighted by atomic mass is 16.5. The van der Waals surface area contributed by atoms with Crippen LogP contribution in [0.5, 0.6) is 0 Å². The maximum atomic E-state index is 11.3. The van der Waals surface area contributed by atoms with E-state index in [0.717, 1.165) is 6.54 Å². The van der Waals surface area contributed by atoms with Crippen LogP contribution in [0.3, 0.4) is 0 Å². The molecule has 2 aromatic rings. The lowest BCUT2D eigenvalue weighted by atomic mass is 9.88. The van der Waals surface area contributed by atoms with Crippen molar-refractivity contribution in [2.75, 3.05) is 6.54 Å². The lowest BCUT2D eigenvalue weighted by Crippen LogP contribution is -2.55. The van der Waals surface area contributed by atoms with Gasteiger partial charge in [-0.05, 0) is 18.1 Å². The van der Waals surface area contributed by atoms with Gasteiger partial charge < -0.3 is 4.74 Å². The Morgan fingerprint density at radius 3 is 2.27 bits per heavy atom. The molecule has 0 spiro atoms. The van der Waals surface area contributed by atoms with Gasteiger partial charge in [-0.2, -0.15) is 0 Å². The summed E-state index contributed by atoms with van der Waals surface area (Å²) in [5, 5.41) is 0. The first-order valence-electron chi connectivity index (χ1n) is 7.69. The summed E-state index contributed by atoms with van der Waals surface area (Å²) in [5.41, 5.74) is 2.48. The highest BCUT2D eigenvalue weighted by Crippen LogP contribution is 2.41. The van der Waals surface area contributed by atoms with E-state index in [0.29, 0.717) is 6.04 Å². The summed E-state index contributed by atoms with van der Waals surface area (Å²) < 4.78 is 5.49. The molecule has 3 unspecified atom stereocenters. The molecule has 0 bridgehead atoms. The van der Waals surface area contributed by atoms with Crippen LogP contribution in [0.2, 0.25) is 0 Å². The highest BCUT2D eigenvalue weighted by molar-refractivity contribution is 5.66. The van der Waals surface area contributed by atoms with Crippen LogP contribution in [0.25, 0.3) is 0 Å². The number of carbonyl (C=O) groups excluding carboxylic acids is 1. The monoisotopic (exact) mass is 295 g/mol. The SMILES string of the molecule is CC(=O)OC1CN(C(C)c2ccccc2)C1c1ccccc1. The summed E-state index contributed by atoms with van der Waals surface area (Å²) in [7, 11) is 0. The number of carbonyl (C=O) groups is 1. The van der Waals surface area contributed by atoms with E-state index in [-0.39, 0.29) is 18.1 Å². The minimum absolute atomic E-state index is 0.0638. The van der Waals surface area contributed by atoms with Crippen molar-refractivity contribution in [1.29, 1.82) is 0 Å². The largest absolute Gasteiger partial charge is 0.459 e. The average Bonchev–Trinajstić information content (AvgIpc) is 2.52. The molecule has 114 valence electrons. The van der Waals surface area contributed by atoms with Gasteiger partial charge in [0.2, 0.25) is 0 Å². The van der Waals surface area contributed by atoms with E-state index in [1.165, 1.54) is 18.1 Å². The van der Waals surface area contributed by atoms with E-state index in [1.54, 1.807) is 0 Å². The van der Waals surface area contributed by atoms with Gasteiger partial charge in [-0.25, -0.2) is 0 Å². The van der Waals surface area contributed by atoms with Crippen molar-refractivity contribution >= 4 is 5.97 Å². The van der Waals surface area contributed by atoms with Gasteiger partial charge in [0.25, 0.3) is 0 Å². The van der Waals surface area contributed by atoms with E-state index in [9.17, 15) is 4.79 Å². The first-order chi connectivity index (χ1) is 10.7. The number of hydrogen-bond acceptors (Lipinski definition) is 3. The highest BCUT2D eigenvalue weighted by Gasteiger charge is 2.44. The van der Waals surface area contributed by atoms with Gasteiger partial charge in [-0.1, -0.05) is 60.7 Å². The Morgan fingerprint density at radius 1 is 1.09 bits per heavy atom. The number of likely N-dealkylation sites (tertiary alicyclic amines) is 1. The summed E-state index contributed by atoms with van der Waals surface area (Å²) in [6.07, 6.45) is -0.0638. The van der Waals surface area contributed by atoms with Gasteiger partial charge in [0, 0.05) is 19.5 Å². The molecule has 1 fully saturated rings. The van der Waals surface area contributed by atoms with E-state index < -0.39 is 0 Å². The summed E-state index contributed by atoms with van der Waals surface area (Å²) in [5.74, 6) is -0.210. The fourth-order valence-electron chi connectivity index (χ4n) is 3.19. The number of rotatable bonds is 4. The Hall–Kier alpha value is -2.13. The number of benzene rings is 2. The molecule has 3 atom stereocenters. The van der Waals surface area contributed by atoms with Crippen LogP contribution in [0, 0.1) is 0 Å². The van der Waals surface area contributed by atoms with E-state index >= 15 is 0 Å². The van der Waals surface area contributed by atoms with Gasteiger partial charge in [-0.15, -0.1) is 0 Å². The molecule has 0 saturated carbocycles. The van der Waals surface area contributed by atoms with Crippen molar-refractivity contribution < 1.29 is 9.53 Å². The Bertz CT molecular complexity index is 626. The third-order valence-corrected chi connectivity index (χ3v) is 4.34. The molecule has 1 aliphatic rings.